The summed E-state index contributed by atoms with van der Waals surface area (Å²) < 4.78 is 38.7. The van der Waals surface area contributed by atoms with Gasteiger partial charge in [0, 0.05) is 12.1 Å². The van der Waals surface area contributed by atoms with E-state index < -0.39 is 53.7 Å². The fourth-order valence-corrected chi connectivity index (χ4v) is 5.07. The van der Waals surface area contributed by atoms with Crippen LogP contribution in [0.1, 0.15) is 30.0 Å². The fraction of sp³-hybridized carbons (Fsp3) is 0.360. The van der Waals surface area contributed by atoms with Gasteiger partial charge in [-0.3, -0.25) is 19.8 Å². The van der Waals surface area contributed by atoms with E-state index >= 15 is 0 Å². The molecule has 0 aromatic heterocycles. The van der Waals surface area contributed by atoms with Crippen molar-refractivity contribution in [3.63, 3.8) is 0 Å². The molecule has 0 radical (unpaired) electrons. The molecule has 3 aliphatic rings. The molecule has 194 valence electrons. The first-order valence-electron chi connectivity index (χ1n) is 11.7. The first-order chi connectivity index (χ1) is 17.6. The number of ether oxygens (including phenoxy) is 2. The zero-order valence-electron chi connectivity index (χ0n) is 20.1. The van der Waals surface area contributed by atoms with E-state index in [1.54, 1.807) is 6.92 Å². The van der Waals surface area contributed by atoms with Crippen LogP contribution < -0.4 is 15.4 Å². The smallest absolute Gasteiger partial charge is 0.411 e. The van der Waals surface area contributed by atoms with Crippen molar-refractivity contribution in [3.05, 3.63) is 58.7 Å². The number of carbonyl (C=O) groups excluding carboxylic acids is 4. The average Bonchev–Trinajstić information content (AvgIpc) is 3.25. The third-order valence-electron chi connectivity index (χ3n) is 7.01. The van der Waals surface area contributed by atoms with Crippen LogP contribution in [0.5, 0.6) is 5.75 Å². The summed E-state index contributed by atoms with van der Waals surface area (Å²) in [6.07, 6.45) is -0.346. The summed E-state index contributed by atoms with van der Waals surface area (Å²) >= 11 is 0. The van der Waals surface area contributed by atoms with Gasteiger partial charge in [0.2, 0.25) is 5.91 Å². The van der Waals surface area contributed by atoms with Crippen molar-refractivity contribution in [2.24, 2.45) is 0 Å². The zero-order chi connectivity index (χ0) is 26.5. The number of methoxy groups -OCH3 is 1. The molecule has 1 fully saturated rings. The number of imide groups is 1. The Morgan fingerprint density at radius 3 is 2.76 bits per heavy atom. The number of hydrogen-bond acceptors (Lipinski definition) is 6. The molecule has 0 saturated carbocycles. The van der Waals surface area contributed by atoms with Gasteiger partial charge in [-0.1, -0.05) is 0 Å². The van der Waals surface area contributed by atoms with E-state index in [0.29, 0.717) is 23.3 Å². The number of aryl methyl sites for hydroxylation is 1. The number of amides is 5. The molecule has 1 aliphatic carbocycles. The van der Waals surface area contributed by atoms with Crippen LogP contribution in [0.2, 0.25) is 0 Å². The monoisotopic (exact) mass is 514 g/mol. The van der Waals surface area contributed by atoms with Crippen molar-refractivity contribution in [1.29, 1.82) is 0 Å². The van der Waals surface area contributed by atoms with Gasteiger partial charge < -0.3 is 19.7 Å². The van der Waals surface area contributed by atoms with E-state index in [2.05, 4.69) is 15.4 Å². The quantitative estimate of drug-likeness (QED) is 0.609. The first kappa shape index (κ1) is 24.5. The Bertz CT molecular complexity index is 1330. The molecular weight excluding hydrogens is 490 g/mol. The molecule has 2 aliphatic heterocycles. The highest BCUT2D eigenvalue weighted by molar-refractivity contribution is 6.10. The van der Waals surface area contributed by atoms with Crippen LogP contribution in [0.4, 0.5) is 24.1 Å². The van der Waals surface area contributed by atoms with Gasteiger partial charge in [-0.15, -0.1) is 0 Å². The highest BCUT2D eigenvalue weighted by Crippen LogP contribution is 2.43. The van der Waals surface area contributed by atoms with E-state index in [0.717, 1.165) is 18.1 Å². The van der Waals surface area contributed by atoms with Crippen molar-refractivity contribution in [2.75, 3.05) is 25.6 Å². The van der Waals surface area contributed by atoms with Crippen LogP contribution in [0.3, 0.4) is 0 Å². The minimum Gasteiger partial charge on any atom is -0.491 e. The summed E-state index contributed by atoms with van der Waals surface area (Å²) in [6.45, 7) is 1.42. The first-order valence-corrected chi connectivity index (χ1v) is 11.7. The van der Waals surface area contributed by atoms with E-state index in [9.17, 15) is 28.0 Å². The van der Waals surface area contributed by atoms with Crippen LogP contribution >= 0.6 is 0 Å². The molecule has 12 heteroatoms. The minimum absolute atomic E-state index is 0.0475. The van der Waals surface area contributed by atoms with Crippen LogP contribution in [0, 0.1) is 11.6 Å². The number of rotatable bonds is 3. The van der Waals surface area contributed by atoms with Gasteiger partial charge in [-0.25, -0.2) is 18.4 Å². The molecule has 10 nitrogen and oxygen atoms in total. The Hall–Kier alpha value is -4.22. The Kier molecular flexibility index (Phi) is 5.97. The van der Waals surface area contributed by atoms with E-state index in [-0.39, 0.29) is 30.8 Å². The number of benzene rings is 2. The minimum atomic E-state index is -1.51. The molecule has 5 amide bonds. The number of anilines is 1. The van der Waals surface area contributed by atoms with Gasteiger partial charge in [-0.2, -0.15) is 0 Å². The second kappa shape index (κ2) is 9.02. The molecule has 2 aromatic carbocycles. The predicted octanol–water partition coefficient (Wildman–Crippen LogP) is 2.65. The van der Waals surface area contributed by atoms with Crippen molar-refractivity contribution < 1.29 is 37.4 Å². The van der Waals surface area contributed by atoms with Crippen LogP contribution in [0.25, 0.3) is 0 Å². The lowest BCUT2D eigenvalue weighted by Crippen LogP contribution is -2.47. The van der Waals surface area contributed by atoms with Crippen molar-refractivity contribution >= 4 is 29.6 Å². The third-order valence-corrected chi connectivity index (χ3v) is 7.01. The van der Waals surface area contributed by atoms with Crippen molar-refractivity contribution in [3.8, 4) is 5.75 Å². The summed E-state index contributed by atoms with van der Waals surface area (Å²) in [5, 5.41) is 4.93. The van der Waals surface area contributed by atoms with Crippen molar-refractivity contribution in [1.82, 2.24) is 15.1 Å². The lowest BCUT2D eigenvalue weighted by atomic mass is 9.91. The maximum atomic E-state index is 14.8. The number of fused-ring (bicyclic) bond motifs is 3. The largest absolute Gasteiger partial charge is 0.491 e. The lowest BCUT2D eigenvalue weighted by molar-refractivity contribution is -0.140. The third kappa shape index (κ3) is 4.11. The maximum absolute atomic E-state index is 14.8. The number of halogens is 2. The highest BCUT2D eigenvalue weighted by Gasteiger charge is 2.56. The normalized spacial score (nSPS) is 22.2. The summed E-state index contributed by atoms with van der Waals surface area (Å²) in [4.78, 5) is 53.4. The molecule has 2 atom stereocenters. The number of carbonyl (C=O) groups is 4. The molecule has 0 bridgehead atoms. The summed E-state index contributed by atoms with van der Waals surface area (Å²) in [7, 11) is 1.15. The second-order valence-electron chi connectivity index (χ2n) is 9.27. The number of nitrogens with one attached hydrogen (secondary N) is 2. The van der Waals surface area contributed by atoms with Gasteiger partial charge >= 0.3 is 12.1 Å². The number of urea groups is 1. The van der Waals surface area contributed by atoms with E-state index in [4.69, 9.17) is 4.74 Å². The van der Waals surface area contributed by atoms with Crippen LogP contribution in [-0.4, -0.2) is 60.0 Å². The topological polar surface area (TPSA) is 117 Å². The molecule has 37 heavy (non-hydrogen) atoms. The zero-order valence-corrected chi connectivity index (χ0v) is 20.1. The van der Waals surface area contributed by atoms with E-state index in [1.165, 1.54) is 29.2 Å². The lowest BCUT2D eigenvalue weighted by Gasteiger charge is -2.28. The van der Waals surface area contributed by atoms with E-state index in [1.807, 2.05) is 0 Å². The molecule has 2 N–H and O–H groups in total. The second-order valence-corrected chi connectivity index (χ2v) is 9.27. The molecule has 1 unspecified atom stereocenters. The standard InChI is InChI=1S/C25H24F2N4O6/c1-13-12-37-20-4-3-16(26)7-15(20)10-30(13)21(32)11-31-22(33)25(29-23(31)34)6-5-14-8-19(28-24(35)36-2)18(27)9-17(14)25/h3-4,7-9,13H,5-6,10-12H2,1-2H3,(H,28,35)(H,29,34)/t13-,25?/m1/s1. The molecule has 2 aromatic rings. The predicted molar refractivity (Wildman–Crippen MR) is 125 cm³/mol. The summed E-state index contributed by atoms with van der Waals surface area (Å²) in [6, 6.07) is 5.38. The number of nitrogens with zero attached hydrogens (tertiary/aromatic N) is 2. The Morgan fingerprint density at radius 2 is 2.00 bits per heavy atom. The van der Waals surface area contributed by atoms with Gasteiger partial charge in [0.05, 0.1) is 18.8 Å². The maximum Gasteiger partial charge on any atom is 0.411 e. The van der Waals surface area contributed by atoms with Crippen molar-refractivity contribution in [2.45, 2.75) is 37.9 Å². The molecule has 1 spiro atoms. The number of hydrogen-bond donors (Lipinski definition) is 2. The molecule has 5 rings (SSSR count). The highest BCUT2D eigenvalue weighted by atomic mass is 19.1. The SMILES string of the molecule is COC(=O)Nc1cc2c(cc1F)C1(CC2)NC(=O)N(CC(=O)N2Cc3cc(F)ccc3OC[C@H]2C)C1=O. The molecular formula is C25H24F2N4O6. The summed E-state index contributed by atoms with van der Waals surface area (Å²) in [5.41, 5.74) is -0.301. The van der Waals surface area contributed by atoms with Crippen LogP contribution in [0.15, 0.2) is 30.3 Å². The van der Waals surface area contributed by atoms with Gasteiger partial charge in [0.15, 0.2) is 0 Å². The summed E-state index contributed by atoms with van der Waals surface area (Å²) in [5.74, 6) is -1.99. The Balaban J connectivity index is 1.37. The fourth-order valence-electron chi connectivity index (χ4n) is 5.07. The molecule has 1 saturated heterocycles. The Labute approximate surface area is 210 Å². The van der Waals surface area contributed by atoms with Gasteiger partial charge in [-0.05, 0) is 61.2 Å². The van der Waals surface area contributed by atoms with Gasteiger partial charge in [0.1, 0.15) is 36.1 Å². The molecule has 2 heterocycles. The average molecular weight is 514 g/mol. The van der Waals surface area contributed by atoms with Gasteiger partial charge in [0.25, 0.3) is 5.91 Å². The Morgan fingerprint density at radius 1 is 1.22 bits per heavy atom. The van der Waals surface area contributed by atoms with Crippen LogP contribution in [-0.2, 0) is 32.8 Å².